The van der Waals surface area contributed by atoms with Gasteiger partial charge in [0.1, 0.15) is 0 Å². The second kappa shape index (κ2) is 10.5. The molecule has 0 amide bonds. The highest BCUT2D eigenvalue weighted by molar-refractivity contribution is 7.99. The van der Waals surface area contributed by atoms with Gasteiger partial charge in [-0.2, -0.15) is 0 Å². The van der Waals surface area contributed by atoms with Crippen LogP contribution in [0.25, 0.3) is 0 Å². The quantitative estimate of drug-likeness (QED) is 0.408. The van der Waals surface area contributed by atoms with Gasteiger partial charge in [-0.15, -0.1) is 23.4 Å². The van der Waals surface area contributed by atoms with E-state index >= 15 is 0 Å². The van der Waals surface area contributed by atoms with E-state index in [-0.39, 0.29) is 6.61 Å². The van der Waals surface area contributed by atoms with Crippen molar-refractivity contribution >= 4 is 23.4 Å². The minimum absolute atomic E-state index is 0.0192. The van der Waals surface area contributed by atoms with Crippen LogP contribution in [0.3, 0.4) is 0 Å². The standard InChI is InChI=1S/C13H20ClNO3S/c1-11-12(10-16)15-4-2-13(11)19-9-8-18-7-6-17-5-3-14/h2,4,16H,3,5-10H2,1H3. The summed E-state index contributed by atoms with van der Waals surface area (Å²) in [6, 6.07) is 1.96. The number of pyridine rings is 1. The number of ether oxygens (including phenoxy) is 2. The van der Waals surface area contributed by atoms with Gasteiger partial charge in [0.05, 0.1) is 38.7 Å². The molecule has 108 valence electrons. The van der Waals surface area contributed by atoms with Crippen molar-refractivity contribution in [2.75, 3.05) is 38.1 Å². The first-order chi connectivity index (χ1) is 9.29. The van der Waals surface area contributed by atoms with Crippen LogP contribution in [-0.2, 0) is 16.1 Å². The molecule has 1 rings (SSSR count). The van der Waals surface area contributed by atoms with Crippen LogP contribution in [0.1, 0.15) is 11.3 Å². The number of aromatic nitrogens is 1. The van der Waals surface area contributed by atoms with Gasteiger partial charge in [-0.05, 0) is 18.6 Å². The van der Waals surface area contributed by atoms with Gasteiger partial charge in [-0.3, -0.25) is 4.98 Å². The summed E-state index contributed by atoms with van der Waals surface area (Å²) in [5.41, 5.74) is 1.78. The Kier molecular flexibility index (Phi) is 9.20. The van der Waals surface area contributed by atoms with Crippen molar-refractivity contribution in [1.82, 2.24) is 4.98 Å². The molecule has 0 fully saturated rings. The van der Waals surface area contributed by atoms with Crippen molar-refractivity contribution in [1.29, 1.82) is 0 Å². The molecule has 1 N–H and O–H groups in total. The van der Waals surface area contributed by atoms with Crippen molar-refractivity contribution in [3.05, 3.63) is 23.5 Å². The molecular weight excluding hydrogens is 286 g/mol. The van der Waals surface area contributed by atoms with E-state index in [4.69, 9.17) is 26.2 Å². The van der Waals surface area contributed by atoms with Crippen molar-refractivity contribution < 1.29 is 14.6 Å². The Morgan fingerprint density at radius 2 is 2.00 bits per heavy atom. The number of alkyl halides is 1. The second-order valence-electron chi connectivity index (χ2n) is 3.80. The zero-order valence-corrected chi connectivity index (χ0v) is 12.7. The van der Waals surface area contributed by atoms with Gasteiger partial charge in [0.15, 0.2) is 0 Å². The Morgan fingerprint density at radius 1 is 1.26 bits per heavy atom. The van der Waals surface area contributed by atoms with E-state index in [1.165, 1.54) is 0 Å². The largest absolute Gasteiger partial charge is 0.390 e. The zero-order chi connectivity index (χ0) is 13.9. The summed E-state index contributed by atoms with van der Waals surface area (Å²) >= 11 is 7.19. The number of hydrogen-bond donors (Lipinski definition) is 1. The average molecular weight is 306 g/mol. The maximum Gasteiger partial charge on any atom is 0.0856 e. The number of aliphatic hydroxyl groups is 1. The van der Waals surface area contributed by atoms with E-state index < -0.39 is 0 Å². The third-order valence-corrected chi connectivity index (χ3v) is 3.77. The Hall–Kier alpha value is -0.330. The first kappa shape index (κ1) is 16.7. The molecule has 0 aliphatic carbocycles. The van der Waals surface area contributed by atoms with E-state index in [0.29, 0.717) is 32.3 Å². The number of thioether (sulfide) groups is 1. The van der Waals surface area contributed by atoms with Crippen LogP contribution in [0.5, 0.6) is 0 Å². The lowest BCUT2D eigenvalue weighted by molar-refractivity contribution is 0.0602. The number of rotatable bonds is 10. The normalized spacial score (nSPS) is 10.9. The third kappa shape index (κ3) is 6.58. The molecule has 6 heteroatoms. The molecule has 1 aromatic rings. The van der Waals surface area contributed by atoms with Gasteiger partial charge in [0, 0.05) is 22.7 Å². The Morgan fingerprint density at radius 3 is 2.68 bits per heavy atom. The Labute approximate surface area is 123 Å². The topological polar surface area (TPSA) is 51.6 Å². The van der Waals surface area contributed by atoms with Crippen molar-refractivity contribution in [2.45, 2.75) is 18.4 Å². The van der Waals surface area contributed by atoms with Crippen LogP contribution >= 0.6 is 23.4 Å². The highest BCUT2D eigenvalue weighted by Gasteiger charge is 2.04. The van der Waals surface area contributed by atoms with E-state index in [9.17, 15) is 0 Å². The maximum atomic E-state index is 9.14. The molecule has 0 saturated carbocycles. The van der Waals surface area contributed by atoms with Crippen LogP contribution in [-0.4, -0.2) is 48.2 Å². The smallest absolute Gasteiger partial charge is 0.0856 e. The molecule has 0 atom stereocenters. The molecular formula is C13H20ClNO3S. The van der Waals surface area contributed by atoms with Crippen LogP contribution in [0.15, 0.2) is 17.2 Å². The molecule has 1 heterocycles. The molecule has 0 aliphatic heterocycles. The number of nitrogens with zero attached hydrogens (tertiary/aromatic N) is 1. The summed E-state index contributed by atoms with van der Waals surface area (Å²) in [7, 11) is 0. The minimum atomic E-state index is -0.0192. The number of hydrogen-bond acceptors (Lipinski definition) is 5. The van der Waals surface area contributed by atoms with Crippen LogP contribution in [0, 0.1) is 6.92 Å². The van der Waals surface area contributed by atoms with Crippen molar-refractivity contribution in [2.24, 2.45) is 0 Å². The van der Waals surface area contributed by atoms with E-state index in [1.54, 1.807) is 18.0 Å². The van der Waals surface area contributed by atoms with Crippen LogP contribution in [0.4, 0.5) is 0 Å². The number of aliphatic hydroxyl groups excluding tert-OH is 1. The monoisotopic (exact) mass is 305 g/mol. The molecule has 0 bridgehead atoms. The first-order valence-electron chi connectivity index (χ1n) is 6.19. The average Bonchev–Trinajstić information content (AvgIpc) is 2.43. The lowest BCUT2D eigenvalue weighted by atomic mass is 10.2. The molecule has 0 radical (unpaired) electrons. The van der Waals surface area contributed by atoms with Gasteiger partial charge in [-0.25, -0.2) is 0 Å². The first-order valence-corrected chi connectivity index (χ1v) is 7.71. The molecule has 0 aliphatic rings. The lowest BCUT2D eigenvalue weighted by Gasteiger charge is -2.08. The van der Waals surface area contributed by atoms with Gasteiger partial charge >= 0.3 is 0 Å². The van der Waals surface area contributed by atoms with Gasteiger partial charge < -0.3 is 14.6 Å². The fourth-order valence-corrected chi connectivity index (χ4v) is 2.48. The fourth-order valence-electron chi connectivity index (χ4n) is 1.46. The SMILES string of the molecule is Cc1c(SCCOCCOCCCl)ccnc1CO. The summed E-state index contributed by atoms with van der Waals surface area (Å²) in [4.78, 5) is 5.26. The lowest BCUT2D eigenvalue weighted by Crippen LogP contribution is -2.07. The summed E-state index contributed by atoms with van der Waals surface area (Å²) < 4.78 is 10.6. The molecule has 4 nitrogen and oxygen atoms in total. The summed E-state index contributed by atoms with van der Waals surface area (Å²) in [5, 5.41) is 9.14. The van der Waals surface area contributed by atoms with Gasteiger partial charge in [-0.1, -0.05) is 0 Å². The third-order valence-electron chi connectivity index (χ3n) is 2.49. The molecule has 0 saturated heterocycles. The second-order valence-corrected chi connectivity index (χ2v) is 5.32. The van der Waals surface area contributed by atoms with E-state index in [0.717, 1.165) is 21.9 Å². The van der Waals surface area contributed by atoms with E-state index in [2.05, 4.69) is 4.98 Å². The van der Waals surface area contributed by atoms with Crippen LogP contribution < -0.4 is 0 Å². The number of halogens is 1. The highest BCUT2D eigenvalue weighted by Crippen LogP contribution is 2.23. The Bertz CT molecular complexity index is 366. The van der Waals surface area contributed by atoms with Gasteiger partial charge in [0.25, 0.3) is 0 Å². The Balaban J connectivity index is 2.16. The maximum absolute atomic E-state index is 9.14. The molecule has 1 aromatic heterocycles. The van der Waals surface area contributed by atoms with Crippen LogP contribution in [0.2, 0.25) is 0 Å². The predicted octanol–water partition coefficient (Wildman–Crippen LogP) is 2.25. The molecule has 0 aromatic carbocycles. The van der Waals surface area contributed by atoms with Crippen molar-refractivity contribution in [3.63, 3.8) is 0 Å². The summed E-state index contributed by atoms with van der Waals surface area (Å²) in [6.45, 7) is 4.37. The predicted molar refractivity (Wildman–Crippen MR) is 78.0 cm³/mol. The molecule has 19 heavy (non-hydrogen) atoms. The molecule has 0 unspecified atom stereocenters. The fraction of sp³-hybridized carbons (Fsp3) is 0.615. The van der Waals surface area contributed by atoms with Gasteiger partial charge in [0.2, 0.25) is 0 Å². The highest BCUT2D eigenvalue weighted by atomic mass is 35.5. The minimum Gasteiger partial charge on any atom is -0.390 e. The summed E-state index contributed by atoms with van der Waals surface area (Å²) in [5.74, 6) is 1.38. The molecule has 0 spiro atoms. The summed E-state index contributed by atoms with van der Waals surface area (Å²) in [6.07, 6.45) is 1.72. The van der Waals surface area contributed by atoms with E-state index in [1.807, 2.05) is 13.0 Å². The van der Waals surface area contributed by atoms with Crippen molar-refractivity contribution in [3.8, 4) is 0 Å². The zero-order valence-electron chi connectivity index (χ0n) is 11.1.